The topological polar surface area (TPSA) is 17.1 Å². The molecule has 2 aromatic carbocycles. The number of rotatable bonds is 0. The van der Waals surface area contributed by atoms with Crippen LogP contribution in [-0.4, -0.2) is 5.78 Å². The maximum atomic E-state index is 12.4. The summed E-state index contributed by atoms with van der Waals surface area (Å²) < 4.78 is 0. The average Bonchev–Trinajstić information content (AvgIpc) is 3.18. The highest BCUT2D eigenvalue weighted by Gasteiger charge is 2.51. The van der Waals surface area contributed by atoms with Crippen molar-refractivity contribution in [1.29, 1.82) is 0 Å². The van der Waals surface area contributed by atoms with Crippen molar-refractivity contribution in [2.45, 2.75) is 18.3 Å². The lowest BCUT2D eigenvalue weighted by Gasteiger charge is -2.27. The normalized spacial score (nSPS) is 18.7. The first kappa shape index (κ1) is 9.17. The molecule has 2 aromatic rings. The van der Waals surface area contributed by atoms with E-state index in [-0.39, 0.29) is 11.2 Å². The van der Waals surface area contributed by atoms with Crippen LogP contribution in [0.15, 0.2) is 48.5 Å². The van der Waals surface area contributed by atoms with Gasteiger partial charge in [-0.05, 0) is 24.0 Å². The third-order valence-corrected chi connectivity index (χ3v) is 4.12. The van der Waals surface area contributed by atoms with Crippen LogP contribution in [0.2, 0.25) is 0 Å². The van der Waals surface area contributed by atoms with Gasteiger partial charge in [-0.1, -0.05) is 48.5 Å². The summed E-state index contributed by atoms with van der Waals surface area (Å²) in [6.45, 7) is 0. The highest BCUT2D eigenvalue weighted by atomic mass is 16.1. The quantitative estimate of drug-likeness (QED) is 0.665. The van der Waals surface area contributed by atoms with Crippen molar-refractivity contribution in [2.75, 3.05) is 0 Å². The molecule has 2 aliphatic carbocycles. The molecule has 1 spiro atoms. The van der Waals surface area contributed by atoms with E-state index in [2.05, 4.69) is 12.1 Å². The summed E-state index contributed by atoms with van der Waals surface area (Å²) in [4.78, 5) is 12.4. The van der Waals surface area contributed by atoms with Crippen LogP contribution in [0, 0.1) is 0 Å². The van der Waals surface area contributed by atoms with Crippen LogP contribution < -0.4 is 0 Å². The van der Waals surface area contributed by atoms with Crippen LogP contribution in [0.4, 0.5) is 0 Å². The predicted octanol–water partition coefficient (Wildman–Crippen LogP) is 3.31. The molecule has 0 N–H and O–H groups in total. The van der Waals surface area contributed by atoms with Crippen molar-refractivity contribution < 1.29 is 4.79 Å². The zero-order chi connectivity index (χ0) is 11.5. The third-order valence-electron chi connectivity index (χ3n) is 4.12. The molecule has 1 heteroatoms. The van der Waals surface area contributed by atoms with Gasteiger partial charge < -0.3 is 0 Å². The lowest BCUT2D eigenvalue weighted by Crippen LogP contribution is -2.24. The molecule has 0 atom stereocenters. The second-order valence-corrected chi connectivity index (χ2v) is 5.00. The number of carbonyl (C=O) groups excluding carboxylic acids is 1. The molecular formula is C16H12O. The highest BCUT2D eigenvalue weighted by Crippen LogP contribution is 2.57. The molecule has 0 amide bonds. The summed E-state index contributed by atoms with van der Waals surface area (Å²) in [5, 5.41) is 0. The molecule has 1 nitrogen and oxygen atoms in total. The Kier molecular flexibility index (Phi) is 1.54. The Morgan fingerprint density at radius 3 is 1.71 bits per heavy atom. The Hall–Kier alpha value is -1.89. The first-order chi connectivity index (χ1) is 8.33. The van der Waals surface area contributed by atoms with Crippen molar-refractivity contribution in [3.63, 3.8) is 0 Å². The van der Waals surface area contributed by atoms with Gasteiger partial charge in [0.25, 0.3) is 0 Å². The van der Waals surface area contributed by atoms with Gasteiger partial charge in [0.05, 0.1) is 0 Å². The van der Waals surface area contributed by atoms with Crippen molar-refractivity contribution >= 4 is 5.78 Å². The minimum Gasteiger partial charge on any atom is -0.289 e. The summed E-state index contributed by atoms with van der Waals surface area (Å²) in [6, 6.07) is 16.2. The van der Waals surface area contributed by atoms with Crippen molar-refractivity contribution in [2.24, 2.45) is 0 Å². The Labute approximate surface area is 100 Å². The molecule has 0 radical (unpaired) electrons. The molecule has 0 saturated heterocycles. The second-order valence-electron chi connectivity index (χ2n) is 5.00. The SMILES string of the molecule is O=C1c2ccccc2C2(CC2)c2ccccc21. The first-order valence-electron chi connectivity index (χ1n) is 6.07. The molecule has 4 rings (SSSR count). The van der Waals surface area contributed by atoms with Crippen LogP contribution in [0.25, 0.3) is 0 Å². The van der Waals surface area contributed by atoms with Gasteiger partial charge in [-0.3, -0.25) is 4.79 Å². The standard InChI is InChI=1S/C16H12O/c17-15-11-5-1-3-7-13(11)16(9-10-16)14-8-4-2-6-12(14)15/h1-8H,9-10H2. The minimum atomic E-state index is 0.154. The van der Waals surface area contributed by atoms with Gasteiger partial charge in [0, 0.05) is 16.5 Å². The van der Waals surface area contributed by atoms with Gasteiger partial charge in [0.1, 0.15) is 0 Å². The van der Waals surface area contributed by atoms with Crippen molar-refractivity contribution in [3.8, 4) is 0 Å². The monoisotopic (exact) mass is 220 g/mol. The number of fused-ring (bicyclic) bond motifs is 4. The van der Waals surface area contributed by atoms with Gasteiger partial charge in [0.15, 0.2) is 5.78 Å². The van der Waals surface area contributed by atoms with Gasteiger partial charge in [-0.15, -0.1) is 0 Å². The number of carbonyl (C=O) groups is 1. The lowest BCUT2D eigenvalue weighted by molar-refractivity contribution is 0.103. The highest BCUT2D eigenvalue weighted by molar-refractivity contribution is 6.13. The van der Waals surface area contributed by atoms with Crippen LogP contribution in [0.5, 0.6) is 0 Å². The first-order valence-corrected chi connectivity index (χ1v) is 6.07. The summed E-state index contributed by atoms with van der Waals surface area (Å²) in [7, 11) is 0. The largest absolute Gasteiger partial charge is 0.289 e. The fraction of sp³-hybridized carbons (Fsp3) is 0.188. The van der Waals surface area contributed by atoms with E-state index in [1.807, 2.05) is 36.4 Å². The van der Waals surface area contributed by atoms with E-state index in [1.54, 1.807) is 0 Å². The zero-order valence-corrected chi connectivity index (χ0v) is 9.44. The fourth-order valence-corrected chi connectivity index (χ4v) is 3.15. The van der Waals surface area contributed by atoms with Crippen LogP contribution in [-0.2, 0) is 5.41 Å². The smallest absolute Gasteiger partial charge is 0.193 e. The Balaban J connectivity index is 2.09. The zero-order valence-electron chi connectivity index (χ0n) is 9.44. The average molecular weight is 220 g/mol. The van der Waals surface area contributed by atoms with Gasteiger partial charge in [0.2, 0.25) is 0 Å². The summed E-state index contributed by atoms with van der Waals surface area (Å²) in [6.07, 6.45) is 2.35. The van der Waals surface area contributed by atoms with Crippen molar-refractivity contribution in [1.82, 2.24) is 0 Å². The maximum Gasteiger partial charge on any atom is 0.193 e. The van der Waals surface area contributed by atoms with E-state index in [1.165, 1.54) is 24.0 Å². The molecule has 2 aliphatic rings. The molecule has 17 heavy (non-hydrogen) atoms. The van der Waals surface area contributed by atoms with E-state index >= 15 is 0 Å². The summed E-state index contributed by atoms with van der Waals surface area (Å²) in [5.74, 6) is 0.189. The van der Waals surface area contributed by atoms with Crippen LogP contribution in [0.3, 0.4) is 0 Å². The number of hydrogen-bond acceptors (Lipinski definition) is 1. The molecule has 0 unspecified atom stereocenters. The number of ketones is 1. The Morgan fingerprint density at radius 2 is 1.24 bits per heavy atom. The lowest BCUT2D eigenvalue weighted by atomic mass is 9.75. The Morgan fingerprint density at radius 1 is 0.765 bits per heavy atom. The summed E-state index contributed by atoms with van der Waals surface area (Å²) in [5.41, 5.74) is 4.45. The number of benzene rings is 2. The maximum absolute atomic E-state index is 12.4. The Bertz CT molecular complexity index is 584. The molecule has 0 bridgehead atoms. The van der Waals surface area contributed by atoms with E-state index in [0.717, 1.165) is 11.1 Å². The van der Waals surface area contributed by atoms with E-state index in [4.69, 9.17) is 0 Å². The number of hydrogen-bond donors (Lipinski definition) is 0. The molecule has 82 valence electrons. The second kappa shape index (κ2) is 2.86. The van der Waals surface area contributed by atoms with Gasteiger partial charge in [-0.25, -0.2) is 0 Å². The molecular weight excluding hydrogens is 208 g/mol. The van der Waals surface area contributed by atoms with Crippen LogP contribution in [0.1, 0.15) is 39.9 Å². The molecule has 0 aliphatic heterocycles. The fourth-order valence-electron chi connectivity index (χ4n) is 3.15. The van der Waals surface area contributed by atoms with E-state index < -0.39 is 0 Å². The van der Waals surface area contributed by atoms with E-state index in [9.17, 15) is 4.79 Å². The summed E-state index contributed by atoms with van der Waals surface area (Å²) >= 11 is 0. The van der Waals surface area contributed by atoms with Gasteiger partial charge >= 0.3 is 0 Å². The molecule has 1 saturated carbocycles. The third kappa shape index (κ3) is 1.02. The van der Waals surface area contributed by atoms with Gasteiger partial charge in [-0.2, -0.15) is 0 Å². The molecule has 0 heterocycles. The minimum absolute atomic E-state index is 0.154. The van der Waals surface area contributed by atoms with E-state index in [0.29, 0.717) is 0 Å². The predicted molar refractivity (Wildman–Crippen MR) is 66.3 cm³/mol. The van der Waals surface area contributed by atoms with Crippen molar-refractivity contribution in [3.05, 3.63) is 70.8 Å². The van der Waals surface area contributed by atoms with Crippen LogP contribution >= 0.6 is 0 Å². The molecule has 0 aromatic heterocycles. The molecule has 1 fully saturated rings.